The van der Waals surface area contributed by atoms with Crippen LogP contribution in [0.1, 0.15) is 31.2 Å². The molecule has 7 nitrogen and oxygen atoms in total. The fourth-order valence-electron chi connectivity index (χ4n) is 4.14. The Kier molecular flexibility index (Phi) is 6.71. The quantitative estimate of drug-likeness (QED) is 0.568. The summed E-state index contributed by atoms with van der Waals surface area (Å²) in [4.78, 5) is 4.23. The van der Waals surface area contributed by atoms with Crippen molar-refractivity contribution in [2.45, 2.75) is 43.2 Å². The predicted octanol–water partition coefficient (Wildman–Crippen LogP) is 4.13. The average molecular weight is 462 g/mol. The third-order valence-corrected chi connectivity index (χ3v) is 7.94. The van der Waals surface area contributed by atoms with Crippen molar-refractivity contribution in [1.29, 1.82) is 0 Å². The van der Waals surface area contributed by atoms with E-state index in [1.54, 1.807) is 16.4 Å². The Balaban J connectivity index is 1.67. The summed E-state index contributed by atoms with van der Waals surface area (Å²) < 4.78 is 33.6. The van der Waals surface area contributed by atoms with Gasteiger partial charge in [0.1, 0.15) is 0 Å². The van der Waals surface area contributed by atoms with Crippen molar-refractivity contribution in [2.75, 3.05) is 6.61 Å². The van der Waals surface area contributed by atoms with E-state index < -0.39 is 10.0 Å². The monoisotopic (exact) mass is 461 g/mol. The molecule has 0 spiro atoms. The Hall–Kier alpha value is -2.26. The van der Waals surface area contributed by atoms with Gasteiger partial charge in [-0.3, -0.25) is 0 Å². The number of hydrogen-bond donors (Lipinski definition) is 1. The van der Waals surface area contributed by atoms with Crippen LogP contribution in [0.15, 0.2) is 64.3 Å². The van der Waals surface area contributed by atoms with Gasteiger partial charge in [0.15, 0.2) is 0 Å². The third kappa shape index (κ3) is 4.82. The van der Waals surface area contributed by atoms with E-state index >= 15 is 0 Å². The van der Waals surface area contributed by atoms with Crippen LogP contribution in [0.3, 0.4) is 0 Å². The highest BCUT2D eigenvalue weighted by atomic mass is 35.5. The van der Waals surface area contributed by atoms with E-state index in [-0.39, 0.29) is 30.0 Å². The van der Waals surface area contributed by atoms with E-state index in [1.807, 2.05) is 24.3 Å². The normalized spacial score (nSPS) is 19.6. The van der Waals surface area contributed by atoms with Gasteiger partial charge in [-0.25, -0.2) is 8.42 Å². The van der Waals surface area contributed by atoms with Crippen molar-refractivity contribution in [3.05, 3.63) is 65.5 Å². The van der Waals surface area contributed by atoms with E-state index in [9.17, 15) is 13.5 Å². The van der Waals surface area contributed by atoms with Gasteiger partial charge in [-0.2, -0.15) is 9.29 Å². The molecule has 4 rings (SSSR count). The molecule has 0 saturated heterocycles. The molecule has 0 bridgehead atoms. The van der Waals surface area contributed by atoms with Crippen LogP contribution in [0, 0.1) is 5.92 Å². The molecule has 2 atom stereocenters. The molecule has 1 fully saturated rings. The fourth-order valence-corrected chi connectivity index (χ4v) is 5.97. The highest BCUT2D eigenvalue weighted by Gasteiger charge is 2.37. The Labute approximate surface area is 186 Å². The number of rotatable bonds is 7. The number of benzene rings is 2. The van der Waals surface area contributed by atoms with Crippen molar-refractivity contribution < 1.29 is 18.0 Å². The number of hydrogen-bond acceptors (Lipinski definition) is 6. The molecule has 0 aliphatic heterocycles. The molecule has 164 valence electrons. The predicted molar refractivity (Wildman–Crippen MR) is 117 cm³/mol. The average Bonchev–Trinajstić information content (AvgIpc) is 3.33. The highest BCUT2D eigenvalue weighted by molar-refractivity contribution is 7.89. The molecule has 1 N–H and O–H groups in total. The first-order chi connectivity index (χ1) is 15.0. The molecule has 31 heavy (non-hydrogen) atoms. The second-order valence-corrected chi connectivity index (χ2v) is 10.1. The number of aliphatic hydroxyl groups excluding tert-OH is 1. The van der Waals surface area contributed by atoms with Crippen LogP contribution in [0.5, 0.6) is 0 Å². The Bertz CT molecular complexity index is 1090. The molecule has 0 radical (unpaired) electrons. The van der Waals surface area contributed by atoms with Gasteiger partial charge in [0.2, 0.25) is 22.2 Å². The van der Waals surface area contributed by atoms with Crippen LogP contribution in [0.2, 0.25) is 5.02 Å². The summed E-state index contributed by atoms with van der Waals surface area (Å²) in [6, 6.07) is 13.4. The third-order valence-electron chi connectivity index (χ3n) is 5.81. The van der Waals surface area contributed by atoms with Crippen LogP contribution in [-0.4, -0.2) is 40.6 Å². The van der Waals surface area contributed by atoms with Crippen molar-refractivity contribution in [3.63, 3.8) is 0 Å². The van der Waals surface area contributed by atoms with Crippen LogP contribution in [-0.2, 0) is 16.6 Å². The Morgan fingerprint density at radius 1 is 1.06 bits per heavy atom. The van der Waals surface area contributed by atoms with Gasteiger partial charge in [-0.05, 0) is 48.6 Å². The van der Waals surface area contributed by atoms with E-state index in [0.29, 0.717) is 10.8 Å². The highest BCUT2D eigenvalue weighted by Crippen LogP contribution is 2.33. The molecular weight excluding hydrogens is 438 g/mol. The van der Waals surface area contributed by atoms with E-state index in [2.05, 4.69) is 10.1 Å². The van der Waals surface area contributed by atoms with Crippen molar-refractivity contribution in [2.24, 2.45) is 5.92 Å². The maximum absolute atomic E-state index is 13.6. The molecule has 1 aliphatic carbocycles. The lowest BCUT2D eigenvalue weighted by molar-refractivity contribution is 0.109. The number of halogens is 1. The molecule has 3 aromatic rings. The summed E-state index contributed by atoms with van der Waals surface area (Å²) in [5.41, 5.74) is 1.63. The molecular formula is C22H24ClN3O4S. The lowest BCUT2D eigenvalue weighted by Gasteiger charge is -2.38. The molecule has 9 heteroatoms. The minimum Gasteiger partial charge on any atom is -0.396 e. The number of aliphatic hydroxyl groups is 1. The maximum atomic E-state index is 13.6. The lowest BCUT2D eigenvalue weighted by Crippen LogP contribution is -2.46. The van der Waals surface area contributed by atoms with Crippen LogP contribution in [0.4, 0.5) is 0 Å². The molecule has 0 amide bonds. The minimum absolute atomic E-state index is 0.0337. The maximum Gasteiger partial charge on any atom is 0.243 e. The second-order valence-electron chi connectivity index (χ2n) is 7.75. The molecule has 2 aromatic carbocycles. The molecule has 1 heterocycles. The van der Waals surface area contributed by atoms with Gasteiger partial charge in [-0.15, -0.1) is 0 Å². The van der Waals surface area contributed by atoms with Gasteiger partial charge in [-0.1, -0.05) is 53.9 Å². The van der Waals surface area contributed by atoms with Crippen molar-refractivity contribution in [1.82, 2.24) is 14.4 Å². The summed E-state index contributed by atoms with van der Waals surface area (Å²) in [7, 11) is -3.79. The number of nitrogens with zero attached hydrogens (tertiary/aromatic N) is 3. The summed E-state index contributed by atoms with van der Waals surface area (Å²) in [5, 5.41) is 14.2. The standard InChI is InChI=1S/C22H24ClN3O4S/c23-19-9-11-20(12-10-19)31(28,29)26(21-4-2-1-3-18(21)14-27)13-16-5-7-17(8-6-16)22-24-15-30-25-22/h5-12,15,18,21,27H,1-4,13-14H2. The number of sulfonamides is 1. The summed E-state index contributed by atoms with van der Waals surface area (Å²) in [6.45, 7) is 0.173. The largest absolute Gasteiger partial charge is 0.396 e. The Morgan fingerprint density at radius 2 is 1.77 bits per heavy atom. The first kappa shape index (κ1) is 22.0. The zero-order chi connectivity index (χ0) is 21.8. The first-order valence-electron chi connectivity index (χ1n) is 10.2. The van der Waals surface area contributed by atoms with E-state index in [1.165, 1.54) is 18.5 Å². The zero-order valence-electron chi connectivity index (χ0n) is 16.9. The van der Waals surface area contributed by atoms with Gasteiger partial charge in [0, 0.05) is 29.8 Å². The summed E-state index contributed by atoms with van der Waals surface area (Å²) in [6.07, 6.45) is 4.73. The first-order valence-corrected chi connectivity index (χ1v) is 12.0. The summed E-state index contributed by atoms with van der Waals surface area (Å²) in [5.74, 6) is 0.388. The number of aromatic nitrogens is 2. The van der Waals surface area contributed by atoms with Gasteiger partial charge in [0.25, 0.3) is 0 Å². The molecule has 1 saturated carbocycles. The van der Waals surface area contributed by atoms with Gasteiger partial charge >= 0.3 is 0 Å². The molecule has 2 unspecified atom stereocenters. The van der Waals surface area contributed by atoms with Crippen LogP contribution < -0.4 is 0 Å². The zero-order valence-corrected chi connectivity index (χ0v) is 18.5. The SMILES string of the molecule is O=S(=O)(c1ccc(Cl)cc1)N(Cc1ccc(-c2ncon2)cc1)C1CCCCC1CO. The van der Waals surface area contributed by atoms with E-state index in [4.69, 9.17) is 16.1 Å². The summed E-state index contributed by atoms with van der Waals surface area (Å²) >= 11 is 5.96. The fraction of sp³-hybridized carbons (Fsp3) is 0.364. The van der Waals surface area contributed by atoms with Crippen molar-refractivity contribution >= 4 is 21.6 Å². The molecule has 1 aromatic heterocycles. The van der Waals surface area contributed by atoms with Crippen LogP contribution in [0.25, 0.3) is 11.4 Å². The van der Waals surface area contributed by atoms with Gasteiger partial charge < -0.3 is 9.63 Å². The Morgan fingerprint density at radius 3 is 2.42 bits per heavy atom. The topological polar surface area (TPSA) is 96.5 Å². The molecule has 1 aliphatic rings. The van der Waals surface area contributed by atoms with Crippen molar-refractivity contribution in [3.8, 4) is 11.4 Å². The lowest BCUT2D eigenvalue weighted by atomic mass is 9.85. The van der Waals surface area contributed by atoms with Crippen LogP contribution >= 0.6 is 11.6 Å². The smallest absolute Gasteiger partial charge is 0.243 e. The second kappa shape index (κ2) is 9.48. The van der Waals surface area contributed by atoms with Gasteiger partial charge in [0.05, 0.1) is 4.90 Å². The van der Waals surface area contributed by atoms with E-state index in [0.717, 1.165) is 36.8 Å². The minimum atomic E-state index is -3.79.